The van der Waals surface area contributed by atoms with E-state index in [1.165, 1.54) is 0 Å². The lowest BCUT2D eigenvalue weighted by molar-refractivity contribution is -0.128. The second-order valence-corrected chi connectivity index (χ2v) is 7.19. The van der Waals surface area contributed by atoms with Crippen molar-refractivity contribution in [3.8, 4) is 0 Å². The number of aromatic amines is 1. The molecule has 0 bridgehead atoms. The van der Waals surface area contributed by atoms with Crippen LogP contribution in [0.15, 0.2) is 36.5 Å². The van der Waals surface area contributed by atoms with E-state index in [0.29, 0.717) is 18.8 Å². The molecule has 1 N–H and O–H groups in total. The smallest absolute Gasteiger partial charge is 0.270 e. The highest BCUT2D eigenvalue weighted by molar-refractivity contribution is 5.98. The lowest BCUT2D eigenvalue weighted by Gasteiger charge is -2.33. The van der Waals surface area contributed by atoms with Gasteiger partial charge in [0.25, 0.3) is 5.91 Å². The third-order valence-corrected chi connectivity index (χ3v) is 5.13. The molecule has 2 aromatic heterocycles. The number of amides is 2. The van der Waals surface area contributed by atoms with Crippen molar-refractivity contribution in [1.82, 2.24) is 24.3 Å². The van der Waals surface area contributed by atoms with Crippen LogP contribution in [0.5, 0.6) is 0 Å². The third-order valence-electron chi connectivity index (χ3n) is 5.13. The summed E-state index contributed by atoms with van der Waals surface area (Å²) in [5.41, 5.74) is 2.29. The Morgan fingerprint density at radius 3 is 2.78 bits per heavy atom. The maximum Gasteiger partial charge on any atom is 0.270 e. The second-order valence-electron chi connectivity index (χ2n) is 7.19. The van der Waals surface area contributed by atoms with Crippen LogP contribution in [0.4, 0.5) is 0 Å². The fraction of sp³-hybridized carbons (Fsp3) is 0.350. The van der Waals surface area contributed by atoms with Gasteiger partial charge in [0.05, 0.1) is 18.2 Å². The highest BCUT2D eigenvalue weighted by atomic mass is 16.2. The SMILES string of the molecule is C[C@H]1c2nc(CC(=O)N(C)C)cn2CCN1C(=O)c1cc2ccccc2[nH]1. The Bertz CT molecular complexity index is 983. The van der Waals surface area contributed by atoms with E-state index in [2.05, 4.69) is 14.5 Å². The van der Waals surface area contributed by atoms with Gasteiger partial charge in [-0.25, -0.2) is 4.98 Å². The molecule has 0 radical (unpaired) electrons. The Morgan fingerprint density at radius 2 is 2.04 bits per heavy atom. The fourth-order valence-corrected chi connectivity index (χ4v) is 3.57. The van der Waals surface area contributed by atoms with Crippen LogP contribution in [0, 0.1) is 0 Å². The second kappa shape index (κ2) is 6.57. The van der Waals surface area contributed by atoms with Crippen LogP contribution < -0.4 is 0 Å². The number of aromatic nitrogens is 3. The lowest BCUT2D eigenvalue weighted by Crippen LogP contribution is -2.41. The third kappa shape index (κ3) is 3.09. The number of nitrogens with zero attached hydrogens (tertiary/aromatic N) is 4. The van der Waals surface area contributed by atoms with Crippen molar-refractivity contribution in [1.29, 1.82) is 0 Å². The molecule has 1 atom stereocenters. The predicted molar refractivity (Wildman–Crippen MR) is 102 cm³/mol. The van der Waals surface area contributed by atoms with Gasteiger partial charge in [-0.3, -0.25) is 9.59 Å². The van der Waals surface area contributed by atoms with Gasteiger partial charge in [-0.05, 0) is 19.1 Å². The maximum absolute atomic E-state index is 13.1. The number of likely N-dealkylation sites (N-methyl/N-ethyl adjacent to an activating group) is 1. The van der Waals surface area contributed by atoms with Crippen molar-refractivity contribution in [3.05, 3.63) is 53.7 Å². The van der Waals surface area contributed by atoms with Crippen molar-refractivity contribution in [3.63, 3.8) is 0 Å². The molecule has 0 saturated heterocycles. The van der Waals surface area contributed by atoms with E-state index in [1.54, 1.807) is 19.0 Å². The normalized spacial score (nSPS) is 16.4. The highest BCUT2D eigenvalue weighted by Crippen LogP contribution is 2.27. The zero-order chi connectivity index (χ0) is 19.1. The summed E-state index contributed by atoms with van der Waals surface area (Å²) in [6.07, 6.45) is 2.20. The average molecular weight is 365 g/mol. The molecule has 0 spiro atoms. The van der Waals surface area contributed by atoms with Crippen LogP contribution in [0.1, 0.15) is 35.0 Å². The number of carbonyl (C=O) groups excluding carboxylic acids is 2. The molecule has 1 aliphatic rings. The molecule has 4 rings (SSSR count). The number of H-pyrrole nitrogens is 1. The molecule has 1 aliphatic heterocycles. The molecule has 2 amide bonds. The van der Waals surface area contributed by atoms with Gasteiger partial charge in [0.15, 0.2) is 0 Å². The van der Waals surface area contributed by atoms with Crippen LogP contribution in [-0.2, 0) is 17.8 Å². The van der Waals surface area contributed by atoms with Crippen LogP contribution in [0.25, 0.3) is 10.9 Å². The van der Waals surface area contributed by atoms with Crippen LogP contribution >= 0.6 is 0 Å². The Labute approximate surface area is 157 Å². The standard InChI is InChI=1S/C20H23N5O2/c1-13-19-21-15(11-18(26)23(2)3)12-24(19)8-9-25(13)20(27)17-10-14-6-4-5-7-16(14)22-17/h4-7,10,12-13,22H,8-9,11H2,1-3H3/t13-/m0/s1. The van der Waals surface area contributed by atoms with Crippen LogP contribution in [0.3, 0.4) is 0 Å². The minimum atomic E-state index is -0.152. The number of para-hydroxylation sites is 1. The number of hydrogen-bond acceptors (Lipinski definition) is 3. The number of imidazole rings is 1. The van der Waals surface area contributed by atoms with E-state index in [9.17, 15) is 9.59 Å². The van der Waals surface area contributed by atoms with E-state index < -0.39 is 0 Å². The summed E-state index contributed by atoms with van der Waals surface area (Å²) in [4.78, 5) is 36.3. The van der Waals surface area contributed by atoms with Crippen molar-refractivity contribution in [2.75, 3.05) is 20.6 Å². The maximum atomic E-state index is 13.1. The first-order valence-corrected chi connectivity index (χ1v) is 9.09. The molecule has 7 heteroatoms. The molecule has 27 heavy (non-hydrogen) atoms. The van der Waals surface area contributed by atoms with Gasteiger partial charge in [-0.2, -0.15) is 0 Å². The summed E-state index contributed by atoms with van der Waals surface area (Å²) >= 11 is 0. The molecular formula is C20H23N5O2. The van der Waals surface area contributed by atoms with E-state index in [4.69, 9.17) is 0 Å². The van der Waals surface area contributed by atoms with Crippen molar-refractivity contribution in [2.24, 2.45) is 0 Å². The Kier molecular flexibility index (Phi) is 4.22. The Hall–Kier alpha value is -3.09. The fourth-order valence-electron chi connectivity index (χ4n) is 3.57. The van der Waals surface area contributed by atoms with Crippen molar-refractivity contribution < 1.29 is 9.59 Å². The van der Waals surface area contributed by atoms with Crippen molar-refractivity contribution >= 4 is 22.7 Å². The van der Waals surface area contributed by atoms with Crippen molar-refractivity contribution in [2.45, 2.75) is 25.9 Å². The zero-order valence-corrected chi connectivity index (χ0v) is 15.8. The minimum absolute atomic E-state index is 0.0177. The minimum Gasteiger partial charge on any atom is -0.351 e. The van der Waals surface area contributed by atoms with Gasteiger partial charge in [0, 0.05) is 44.3 Å². The first kappa shape index (κ1) is 17.3. The number of hydrogen-bond donors (Lipinski definition) is 1. The highest BCUT2D eigenvalue weighted by Gasteiger charge is 2.31. The lowest BCUT2D eigenvalue weighted by atomic mass is 10.2. The van der Waals surface area contributed by atoms with E-state index in [0.717, 1.165) is 22.4 Å². The molecule has 0 fully saturated rings. The quantitative estimate of drug-likeness (QED) is 0.773. The first-order valence-electron chi connectivity index (χ1n) is 9.09. The van der Waals surface area contributed by atoms with Gasteiger partial charge in [-0.15, -0.1) is 0 Å². The van der Waals surface area contributed by atoms with Crippen LogP contribution in [0.2, 0.25) is 0 Å². The number of rotatable bonds is 3. The number of fused-ring (bicyclic) bond motifs is 2. The van der Waals surface area contributed by atoms with Gasteiger partial charge < -0.3 is 19.4 Å². The molecule has 0 aliphatic carbocycles. The monoisotopic (exact) mass is 365 g/mol. The summed E-state index contributed by atoms with van der Waals surface area (Å²) < 4.78 is 2.05. The molecular weight excluding hydrogens is 342 g/mol. The zero-order valence-electron chi connectivity index (χ0n) is 15.8. The number of carbonyl (C=O) groups is 2. The summed E-state index contributed by atoms with van der Waals surface area (Å²) in [6, 6.07) is 9.61. The van der Waals surface area contributed by atoms with Crippen LogP contribution in [-0.4, -0.2) is 56.8 Å². The van der Waals surface area contributed by atoms with Gasteiger partial charge in [-0.1, -0.05) is 18.2 Å². The topological polar surface area (TPSA) is 74.2 Å². The largest absolute Gasteiger partial charge is 0.351 e. The van der Waals surface area contributed by atoms with E-state index in [1.807, 2.05) is 48.4 Å². The van der Waals surface area contributed by atoms with Gasteiger partial charge in [0.1, 0.15) is 11.5 Å². The summed E-state index contributed by atoms with van der Waals surface area (Å²) in [5, 5.41) is 1.02. The average Bonchev–Trinajstić information content (AvgIpc) is 3.25. The molecule has 3 aromatic rings. The molecule has 0 saturated carbocycles. The predicted octanol–water partition coefficient (Wildman–Crippen LogP) is 2.21. The summed E-state index contributed by atoms with van der Waals surface area (Å²) in [6.45, 7) is 3.27. The van der Waals surface area contributed by atoms with E-state index >= 15 is 0 Å². The molecule has 1 aromatic carbocycles. The Balaban J connectivity index is 1.57. The molecule has 0 unspecified atom stereocenters. The number of benzene rings is 1. The van der Waals surface area contributed by atoms with Gasteiger partial charge in [0.2, 0.25) is 5.91 Å². The number of nitrogens with one attached hydrogen (secondary N) is 1. The molecule has 7 nitrogen and oxygen atoms in total. The molecule has 140 valence electrons. The van der Waals surface area contributed by atoms with Gasteiger partial charge >= 0.3 is 0 Å². The Morgan fingerprint density at radius 1 is 1.26 bits per heavy atom. The summed E-state index contributed by atoms with van der Waals surface area (Å²) in [7, 11) is 3.48. The first-order chi connectivity index (χ1) is 12.9. The summed E-state index contributed by atoms with van der Waals surface area (Å²) in [5.74, 6) is 0.815. The molecule has 3 heterocycles. The van der Waals surface area contributed by atoms with E-state index in [-0.39, 0.29) is 24.3 Å².